The standard InChI is InChI=1S/C45H49Cl2N5O6/c1-29(53)50-33-14-18-51(19-15-33)16-6-20-56-41-11-5-9-37(44(41)47)34-7-4-8-36-35(34)12-13-40(36)58-43-23-42(57-28-31-21-30(24-48)25-49-26-31)32(22-38(43)46)27-52-17-3-2-10-39(52)45(54)55/h4-5,7-9,11,21-23,25-26,33,39-40H,2-3,6,10,12-20,27-28H2,1H3,(H,50,53)(H,54,55)/t39-,40?/m0/s1. The van der Waals surface area contributed by atoms with Gasteiger partial charge in [0.15, 0.2) is 0 Å². The van der Waals surface area contributed by atoms with Crippen molar-refractivity contribution in [3.63, 3.8) is 0 Å². The highest BCUT2D eigenvalue weighted by Crippen LogP contribution is 2.45. The largest absolute Gasteiger partial charge is 0.492 e. The Morgan fingerprint density at radius 1 is 0.948 bits per heavy atom. The summed E-state index contributed by atoms with van der Waals surface area (Å²) in [6, 6.07) is 19.2. The molecule has 58 heavy (non-hydrogen) atoms. The number of carbonyl (C=O) groups is 2. The molecule has 2 atom stereocenters. The number of piperidine rings is 2. The minimum Gasteiger partial charge on any atom is -0.492 e. The summed E-state index contributed by atoms with van der Waals surface area (Å²) in [5, 5.41) is 23.4. The number of nitriles is 1. The van der Waals surface area contributed by atoms with Crippen LogP contribution in [-0.4, -0.2) is 76.6 Å². The van der Waals surface area contributed by atoms with Crippen LogP contribution < -0.4 is 19.5 Å². The van der Waals surface area contributed by atoms with Crippen LogP contribution in [0, 0.1) is 11.3 Å². The monoisotopic (exact) mass is 825 g/mol. The Morgan fingerprint density at radius 3 is 2.55 bits per heavy atom. The van der Waals surface area contributed by atoms with Gasteiger partial charge in [-0.15, -0.1) is 0 Å². The molecule has 304 valence electrons. The molecule has 2 N–H and O–H groups in total. The van der Waals surface area contributed by atoms with Gasteiger partial charge in [0, 0.05) is 74.3 Å². The van der Waals surface area contributed by atoms with E-state index in [1.54, 1.807) is 25.3 Å². The summed E-state index contributed by atoms with van der Waals surface area (Å²) in [5.74, 6) is 0.840. The van der Waals surface area contributed by atoms with Crippen LogP contribution in [0.4, 0.5) is 0 Å². The third-order valence-corrected chi connectivity index (χ3v) is 12.0. The Morgan fingerprint density at radius 2 is 1.76 bits per heavy atom. The van der Waals surface area contributed by atoms with Gasteiger partial charge in [-0.05, 0) is 86.4 Å². The normalized spacial score (nSPS) is 18.6. The molecule has 3 aliphatic rings. The van der Waals surface area contributed by atoms with Crippen LogP contribution in [0.5, 0.6) is 17.2 Å². The number of carboxylic acids is 1. The van der Waals surface area contributed by atoms with Gasteiger partial charge in [-0.25, -0.2) is 0 Å². The fraction of sp³-hybridized carbons (Fsp3) is 0.422. The van der Waals surface area contributed by atoms with Gasteiger partial charge in [0.05, 0.1) is 22.2 Å². The van der Waals surface area contributed by atoms with Crippen molar-refractivity contribution in [2.24, 2.45) is 0 Å². The predicted molar refractivity (Wildman–Crippen MR) is 222 cm³/mol. The molecule has 1 aliphatic carbocycles. The van der Waals surface area contributed by atoms with E-state index in [0.29, 0.717) is 59.0 Å². The van der Waals surface area contributed by atoms with Crippen LogP contribution in [0.25, 0.3) is 11.1 Å². The Hall–Kier alpha value is -4.86. The number of amides is 1. The van der Waals surface area contributed by atoms with Crippen molar-refractivity contribution in [3.8, 4) is 34.4 Å². The molecule has 2 aliphatic heterocycles. The zero-order valence-electron chi connectivity index (χ0n) is 32.7. The molecule has 1 aromatic heterocycles. The first kappa shape index (κ1) is 41.3. The Bertz CT molecular complexity index is 2150. The molecule has 0 radical (unpaired) electrons. The molecule has 13 heteroatoms. The number of ether oxygens (including phenoxy) is 3. The van der Waals surface area contributed by atoms with E-state index in [9.17, 15) is 20.0 Å². The Balaban J connectivity index is 1.05. The van der Waals surface area contributed by atoms with Crippen LogP contribution in [0.1, 0.15) is 85.8 Å². The van der Waals surface area contributed by atoms with E-state index >= 15 is 0 Å². The summed E-state index contributed by atoms with van der Waals surface area (Å²) >= 11 is 14.0. The maximum absolute atomic E-state index is 12.1. The summed E-state index contributed by atoms with van der Waals surface area (Å²) < 4.78 is 19.3. The maximum atomic E-state index is 12.1. The van der Waals surface area contributed by atoms with Gasteiger partial charge in [0.2, 0.25) is 5.91 Å². The van der Waals surface area contributed by atoms with Crippen LogP contribution >= 0.6 is 23.2 Å². The second-order valence-corrected chi connectivity index (χ2v) is 16.1. The fourth-order valence-corrected chi connectivity index (χ4v) is 8.94. The van der Waals surface area contributed by atoms with Gasteiger partial charge in [0.25, 0.3) is 0 Å². The lowest BCUT2D eigenvalue weighted by atomic mass is 9.96. The number of nitrogens with zero attached hydrogens (tertiary/aromatic N) is 4. The minimum absolute atomic E-state index is 0.0329. The van der Waals surface area contributed by atoms with Crippen molar-refractivity contribution in [2.45, 2.75) is 89.6 Å². The van der Waals surface area contributed by atoms with Gasteiger partial charge in [0.1, 0.15) is 42.1 Å². The van der Waals surface area contributed by atoms with Gasteiger partial charge in [-0.1, -0.05) is 60.0 Å². The van der Waals surface area contributed by atoms with Crippen LogP contribution in [0.2, 0.25) is 10.0 Å². The molecule has 4 aromatic rings. The lowest BCUT2D eigenvalue weighted by Crippen LogP contribution is -2.44. The average Bonchev–Trinajstić information content (AvgIpc) is 3.64. The second-order valence-electron chi connectivity index (χ2n) is 15.3. The van der Waals surface area contributed by atoms with E-state index in [2.05, 4.69) is 33.4 Å². The summed E-state index contributed by atoms with van der Waals surface area (Å²) in [7, 11) is 0. The molecule has 7 rings (SSSR count). The van der Waals surface area contributed by atoms with Crippen molar-refractivity contribution in [1.82, 2.24) is 20.1 Å². The van der Waals surface area contributed by atoms with Crippen LogP contribution in [0.3, 0.4) is 0 Å². The molecule has 3 aromatic carbocycles. The number of benzene rings is 3. The van der Waals surface area contributed by atoms with E-state index in [-0.39, 0.29) is 24.7 Å². The number of rotatable bonds is 15. The zero-order valence-corrected chi connectivity index (χ0v) is 34.2. The van der Waals surface area contributed by atoms with Gasteiger partial charge >= 0.3 is 5.97 Å². The Labute approximate surface area is 349 Å². The van der Waals surface area contributed by atoms with Crippen LogP contribution in [-0.2, 0) is 29.2 Å². The average molecular weight is 827 g/mol. The molecule has 2 fully saturated rings. The summed E-state index contributed by atoms with van der Waals surface area (Å²) in [5.41, 5.74) is 6.07. The molecule has 1 amide bonds. The number of hydrogen-bond acceptors (Lipinski definition) is 9. The molecular weight excluding hydrogens is 777 g/mol. The number of hydrogen-bond donors (Lipinski definition) is 2. The maximum Gasteiger partial charge on any atom is 0.320 e. The molecule has 3 heterocycles. The third kappa shape index (κ3) is 10.0. The van der Waals surface area contributed by atoms with Crippen molar-refractivity contribution >= 4 is 35.1 Å². The summed E-state index contributed by atoms with van der Waals surface area (Å²) in [6.45, 7) is 6.12. The number of fused-ring (bicyclic) bond motifs is 1. The topological polar surface area (TPSA) is 137 Å². The number of nitrogens with one attached hydrogen (secondary N) is 1. The van der Waals surface area contributed by atoms with Crippen molar-refractivity contribution in [3.05, 3.63) is 105 Å². The van der Waals surface area contributed by atoms with E-state index in [0.717, 1.165) is 98.0 Å². The molecule has 2 saturated heterocycles. The highest BCUT2D eigenvalue weighted by Gasteiger charge is 2.31. The van der Waals surface area contributed by atoms with Crippen molar-refractivity contribution in [2.75, 3.05) is 32.8 Å². The lowest BCUT2D eigenvalue weighted by Gasteiger charge is -2.33. The van der Waals surface area contributed by atoms with Gasteiger partial charge in [-0.2, -0.15) is 5.26 Å². The molecule has 0 saturated carbocycles. The Kier molecular flexibility index (Phi) is 13.7. The number of carboxylic acid groups (broad SMARTS) is 1. The number of likely N-dealkylation sites (tertiary alicyclic amines) is 2. The first-order valence-corrected chi connectivity index (χ1v) is 20.9. The summed E-state index contributed by atoms with van der Waals surface area (Å²) in [6.07, 6.45) is 9.55. The number of carbonyl (C=O) groups excluding carboxylic acids is 1. The van der Waals surface area contributed by atoms with E-state index in [4.69, 9.17) is 37.4 Å². The second kappa shape index (κ2) is 19.3. The SMILES string of the molecule is CC(=O)NC1CCN(CCCOc2cccc(-c3cccc4c3CCC4Oc3cc(OCc4cncc(C#N)c4)c(CN4CCCC[C@H]4C(=O)O)cc3Cl)c2Cl)CC1. The fourth-order valence-electron chi connectivity index (χ4n) is 8.42. The minimum atomic E-state index is -0.837. The first-order chi connectivity index (χ1) is 28.2. The molecule has 11 nitrogen and oxygen atoms in total. The summed E-state index contributed by atoms with van der Waals surface area (Å²) in [4.78, 5) is 32.1. The number of halogens is 2. The van der Waals surface area contributed by atoms with Crippen molar-refractivity contribution < 1.29 is 28.9 Å². The first-order valence-electron chi connectivity index (χ1n) is 20.1. The zero-order chi connectivity index (χ0) is 40.6. The molecule has 1 unspecified atom stereocenters. The van der Waals surface area contributed by atoms with E-state index in [1.165, 1.54) is 6.20 Å². The third-order valence-electron chi connectivity index (χ3n) is 11.3. The number of aliphatic carboxylic acids is 1. The van der Waals surface area contributed by atoms with Gasteiger partial charge in [-0.3, -0.25) is 19.5 Å². The van der Waals surface area contributed by atoms with Crippen LogP contribution in [0.15, 0.2) is 67.0 Å². The highest BCUT2D eigenvalue weighted by atomic mass is 35.5. The van der Waals surface area contributed by atoms with Crippen molar-refractivity contribution in [1.29, 1.82) is 5.26 Å². The molecular formula is C45H49Cl2N5O6. The predicted octanol–water partition coefficient (Wildman–Crippen LogP) is 8.38. The quantitative estimate of drug-likeness (QED) is 0.113. The van der Waals surface area contributed by atoms with E-state index < -0.39 is 12.0 Å². The smallest absolute Gasteiger partial charge is 0.320 e. The highest BCUT2D eigenvalue weighted by molar-refractivity contribution is 6.35. The molecule has 0 bridgehead atoms. The number of pyridine rings is 1. The number of aromatic nitrogens is 1. The van der Waals surface area contributed by atoms with E-state index in [1.807, 2.05) is 35.2 Å². The lowest BCUT2D eigenvalue weighted by molar-refractivity contribution is -0.144. The van der Waals surface area contributed by atoms with Gasteiger partial charge < -0.3 is 29.5 Å². The molecule has 0 spiro atoms.